The van der Waals surface area contributed by atoms with Gasteiger partial charge in [-0.25, -0.2) is 0 Å². The lowest BCUT2D eigenvalue weighted by molar-refractivity contribution is -0.117. The van der Waals surface area contributed by atoms with E-state index in [-0.39, 0.29) is 5.91 Å². The van der Waals surface area contributed by atoms with E-state index in [1.54, 1.807) is 0 Å². The Morgan fingerprint density at radius 3 is 2.43 bits per heavy atom. The van der Waals surface area contributed by atoms with Gasteiger partial charge in [-0.15, -0.1) is 0 Å². The quantitative estimate of drug-likeness (QED) is 0.846. The van der Waals surface area contributed by atoms with Gasteiger partial charge in [0.2, 0.25) is 5.91 Å². The Balaban J connectivity index is 1.85. The molecule has 1 unspecified atom stereocenters. The SMILES string of the molecule is CC(C)CC(N)C(=O)Nc1ccc(CN2CCCC2)cc1. The van der Waals surface area contributed by atoms with Crippen LogP contribution in [-0.2, 0) is 11.3 Å². The van der Waals surface area contributed by atoms with E-state index in [0.717, 1.165) is 12.2 Å². The highest BCUT2D eigenvalue weighted by Gasteiger charge is 2.15. The molecule has 1 amide bonds. The third-order valence-electron chi connectivity index (χ3n) is 3.89. The molecule has 3 N–H and O–H groups in total. The zero-order chi connectivity index (χ0) is 15.2. The van der Waals surface area contributed by atoms with Gasteiger partial charge in [0.1, 0.15) is 0 Å². The molecule has 0 aliphatic carbocycles. The Bertz CT molecular complexity index is 450. The van der Waals surface area contributed by atoms with Crippen molar-refractivity contribution in [3.63, 3.8) is 0 Å². The predicted molar refractivity (Wildman–Crippen MR) is 87.0 cm³/mol. The second kappa shape index (κ2) is 7.57. The lowest BCUT2D eigenvalue weighted by Gasteiger charge is -2.16. The van der Waals surface area contributed by atoms with E-state index in [2.05, 4.69) is 36.2 Å². The third-order valence-corrected chi connectivity index (χ3v) is 3.89. The highest BCUT2D eigenvalue weighted by Crippen LogP contribution is 2.15. The first-order valence-electron chi connectivity index (χ1n) is 7.92. The zero-order valence-corrected chi connectivity index (χ0v) is 13.1. The molecule has 1 saturated heterocycles. The minimum absolute atomic E-state index is 0.101. The number of nitrogens with two attached hydrogens (primary N) is 1. The van der Waals surface area contributed by atoms with Gasteiger partial charge in [0.25, 0.3) is 0 Å². The minimum atomic E-state index is -0.436. The van der Waals surface area contributed by atoms with Crippen LogP contribution in [0.3, 0.4) is 0 Å². The van der Waals surface area contributed by atoms with E-state index >= 15 is 0 Å². The number of carbonyl (C=O) groups excluding carboxylic acids is 1. The van der Waals surface area contributed by atoms with Gasteiger partial charge in [0.15, 0.2) is 0 Å². The van der Waals surface area contributed by atoms with E-state index in [4.69, 9.17) is 5.73 Å². The van der Waals surface area contributed by atoms with Crippen molar-refractivity contribution in [2.24, 2.45) is 11.7 Å². The molecule has 0 bridgehead atoms. The first-order valence-corrected chi connectivity index (χ1v) is 7.92. The molecule has 1 atom stereocenters. The van der Waals surface area contributed by atoms with E-state index in [1.165, 1.54) is 31.5 Å². The number of anilines is 1. The molecule has 21 heavy (non-hydrogen) atoms. The maximum atomic E-state index is 12.0. The molecule has 1 heterocycles. The van der Waals surface area contributed by atoms with Crippen molar-refractivity contribution in [1.82, 2.24) is 4.90 Å². The summed E-state index contributed by atoms with van der Waals surface area (Å²) in [5.74, 6) is 0.324. The summed E-state index contributed by atoms with van der Waals surface area (Å²) in [4.78, 5) is 14.4. The van der Waals surface area contributed by atoms with Crippen molar-refractivity contribution in [3.8, 4) is 0 Å². The molecular weight excluding hydrogens is 262 g/mol. The summed E-state index contributed by atoms with van der Waals surface area (Å²) < 4.78 is 0. The summed E-state index contributed by atoms with van der Waals surface area (Å²) in [6.45, 7) is 7.53. The topological polar surface area (TPSA) is 58.4 Å². The molecule has 4 nitrogen and oxygen atoms in total. The van der Waals surface area contributed by atoms with Crippen LogP contribution in [0.5, 0.6) is 0 Å². The maximum Gasteiger partial charge on any atom is 0.241 e. The van der Waals surface area contributed by atoms with Crippen LogP contribution in [0.25, 0.3) is 0 Å². The number of carbonyl (C=O) groups is 1. The molecule has 2 rings (SSSR count). The Hall–Kier alpha value is -1.39. The van der Waals surface area contributed by atoms with Gasteiger partial charge in [0.05, 0.1) is 6.04 Å². The number of nitrogens with zero attached hydrogens (tertiary/aromatic N) is 1. The molecule has 4 heteroatoms. The van der Waals surface area contributed by atoms with Crippen LogP contribution in [-0.4, -0.2) is 29.9 Å². The fraction of sp³-hybridized carbons (Fsp3) is 0.588. The number of amides is 1. The van der Waals surface area contributed by atoms with Crippen LogP contribution in [0.2, 0.25) is 0 Å². The maximum absolute atomic E-state index is 12.0. The van der Waals surface area contributed by atoms with Crippen LogP contribution in [0.4, 0.5) is 5.69 Å². The lowest BCUT2D eigenvalue weighted by Crippen LogP contribution is -2.36. The Morgan fingerprint density at radius 2 is 1.86 bits per heavy atom. The fourth-order valence-electron chi connectivity index (χ4n) is 2.74. The Kier molecular flexibility index (Phi) is 5.76. The summed E-state index contributed by atoms with van der Waals surface area (Å²) in [6.07, 6.45) is 3.32. The summed E-state index contributed by atoms with van der Waals surface area (Å²) in [7, 11) is 0. The van der Waals surface area contributed by atoms with E-state index in [1.807, 2.05) is 12.1 Å². The average Bonchev–Trinajstić information content (AvgIpc) is 2.93. The number of nitrogens with one attached hydrogen (secondary N) is 1. The monoisotopic (exact) mass is 289 g/mol. The van der Waals surface area contributed by atoms with Gasteiger partial charge in [-0.1, -0.05) is 26.0 Å². The highest BCUT2D eigenvalue weighted by atomic mass is 16.2. The summed E-state index contributed by atoms with van der Waals surface area (Å²) in [5, 5.41) is 2.89. The highest BCUT2D eigenvalue weighted by molar-refractivity contribution is 5.94. The van der Waals surface area contributed by atoms with Crippen LogP contribution < -0.4 is 11.1 Å². The molecule has 0 radical (unpaired) electrons. The minimum Gasteiger partial charge on any atom is -0.325 e. The second-order valence-corrected chi connectivity index (χ2v) is 6.41. The largest absolute Gasteiger partial charge is 0.325 e. The summed E-state index contributed by atoms with van der Waals surface area (Å²) in [6, 6.07) is 7.66. The van der Waals surface area contributed by atoms with Crippen LogP contribution >= 0.6 is 0 Å². The van der Waals surface area contributed by atoms with Gasteiger partial charge < -0.3 is 11.1 Å². The van der Waals surface area contributed by atoms with E-state index in [0.29, 0.717) is 12.3 Å². The Morgan fingerprint density at radius 1 is 1.24 bits per heavy atom. The molecule has 1 aliphatic heterocycles. The third kappa shape index (κ3) is 5.14. The Labute approximate surface area is 127 Å². The van der Waals surface area contributed by atoms with Crippen molar-refractivity contribution in [2.75, 3.05) is 18.4 Å². The normalized spacial score (nSPS) is 17.1. The molecular formula is C17H27N3O. The molecule has 0 saturated carbocycles. The molecule has 0 spiro atoms. The summed E-state index contributed by atoms with van der Waals surface area (Å²) in [5.41, 5.74) is 8.00. The molecule has 1 aromatic carbocycles. The van der Waals surface area contributed by atoms with Crippen molar-refractivity contribution >= 4 is 11.6 Å². The van der Waals surface area contributed by atoms with Gasteiger partial charge in [-0.05, 0) is 56.0 Å². The molecule has 1 aromatic rings. The molecule has 1 fully saturated rings. The number of rotatable bonds is 6. The molecule has 0 aromatic heterocycles. The first-order chi connectivity index (χ1) is 10.0. The van der Waals surface area contributed by atoms with Crippen LogP contribution in [0.1, 0.15) is 38.7 Å². The van der Waals surface area contributed by atoms with Gasteiger partial charge >= 0.3 is 0 Å². The van der Waals surface area contributed by atoms with Gasteiger partial charge in [-0.2, -0.15) is 0 Å². The first kappa shape index (κ1) is 16.0. The smallest absolute Gasteiger partial charge is 0.241 e. The summed E-state index contributed by atoms with van der Waals surface area (Å²) >= 11 is 0. The van der Waals surface area contributed by atoms with Crippen molar-refractivity contribution < 1.29 is 4.79 Å². The number of hydrogen-bond acceptors (Lipinski definition) is 3. The fourth-order valence-corrected chi connectivity index (χ4v) is 2.74. The standard InChI is InChI=1S/C17H27N3O/c1-13(2)11-16(18)17(21)19-15-7-5-14(6-8-15)12-20-9-3-4-10-20/h5-8,13,16H,3-4,9-12,18H2,1-2H3,(H,19,21). The van der Waals surface area contributed by atoms with E-state index < -0.39 is 6.04 Å². The zero-order valence-electron chi connectivity index (χ0n) is 13.1. The number of benzene rings is 1. The van der Waals surface area contributed by atoms with Gasteiger partial charge in [0, 0.05) is 12.2 Å². The second-order valence-electron chi connectivity index (χ2n) is 6.41. The van der Waals surface area contributed by atoms with E-state index in [9.17, 15) is 4.79 Å². The van der Waals surface area contributed by atoms with Crippen molar-refractivity contribution in [1.29, 1.82) is 0 Å². The van der Waals surface area contributed by atoms with Crippen molar-refractivity contribution in [2.45, 2.75) is 45.7 Å². The predicted octanol–water partition coefficient (Wildman–Crippen LogP) is 2.59. The molecule has 116 valence electrons. The number of likely N-dealkylation sites (tertiary alicyclic amines) is 1. The van der Waals surface area contributed by atoms with Crippen LogP contribution in [0.15, 0.2) is 24.3 Å². The number of hydrogen-bond donors (Lipinski definition) is 2. The van der Waals surface area contributed by atoms with Crippen molar-refractivity contribution in [3.05, 3.63) is 29.8 Å². The van der Waals surface area contributed by atoms with Crippen LogP contribution in [0, 0.1) is 5.92 Å². The molecule has 1 aliphatic rings. The van der Waals surface area contributed by atoms with Gasteiger partial charge in [-0.3, -0.25) is 9.69 Å². The lowest BCUT2D eigenvalue weighted by atomic mass is 10.0. The average molecular weight is 289 g/mol.